The standard InChI is InChI=1S/C29H31BrFI2N4O/c30-26-19-37-32-33-27(26)12-11-24(15-28(33)35-18-21-5-3-13-34-16-21)22-6-2-7-23(10-9-22)29(38)36-17-20-4-1-8-25(31)14-20/h1,3-5,8,11,13-16,19,22-23,35H,2,6-7,9-10,12,17-18H2,(H,36,38)/q-1. The Hall–Kier alpha value is -1.60. The molecule has 38 heavy (non-hydrogen) atoms. The van der Waals surface area contributed by atoms with E-state index in [1.807, 2.05) is 30.7 Å². The Morgan fingerprint density at radius 2 is 2.03 bits per heavy atom. The van der Waals surface area contributed by atoms with Gasteiger partial charge in [-0.3, -0.25) is 0 Å². The predicted molar refractivity (Wildman–Crippen MR) is 159 cm³/mol. The van der Waals surface area contributed by atoms with Crippen LogP contribution in [0.4, 0.5) is 4.39 Å². The first-order valence-corrected chi connectivity index (χ1v) is 23.1. The number of amides is 1. The third-order valence-corrected chi connectivity index (χ3v) is 23.3. The third kappa shape index (κ3) is 7.32. The quantitative estimate of drug-likeness (QED) is 0.252. The molecule has 2 atom stereocenters. The van der Waals surface area contributed by atoms with Gasteiger partial charge in [-0.05, 0) is 6.07 Å². The monoisotopic (exact) mass is 803 g/mol. The van der Waals surface area contributed by atoms with Gasteiger partial charge < -0.3 is 0 Å². The molecule has 0 spiro atoms. The van der Waals surface area contributed by atoms with E-state index in [0.29, 0.717) is 12.5 Å². The van der Waals surface area contributed by atoms with Crippen molar-refractivity contribution in [2.24, 2.45) is 15.0 Å². The van der Waals surface area contributed by atoms with E-state index in [1.54, 1.807) is 9.65 Å². The van der Waals surface area contributed by atoms with Crippen LogP contribution in [0.3, 0.4) is 0 Å². The zero-order valence-electron chi connectivity index (χ0n) is 21.0. The number of fused-ring (bicyclic) bond motifs is 1. The Morgan fingerprint density at radius 1 is 1.13 bits per heavy atom. The molecule has 2 unspecified atom stereocenters. The summed E-state index contributed by atoms with van der Waals surface area (Å²) in [7, 11) is 0. The second-order valence-corrected chi connectivity index (χ2v) is 23.2. The van der Waals surface area contributed by atoms with Gasteiger partial charge in [0.15, 0.2) is 0 Å². The van der Waals surface area contributed by atoms with Crippen molar-refractivity contribution < 1.29 is 26.7 Å². The molecule has 1 fully saturated rings. The number of halogens is 4. The molecule has 5 nitrogen and oxygen atoms in total. The molecular weight excluding hydrogens is 773 g/mol. The van der Waals surface area contributed by atoms with Crippen LogP contribution in [0.1, 0.15) is 49.7 Å². The van der Waals surface area contributed by atoms with E-state index in [1.165, 1.54) is 31.5 Å². The number of carbonyl (C=O) groups is 1. The molecule has 5 rings (SSSR count). The Morgan fingerprint density at radius 3 is 2.87 bits per heavy atom. The van der Waals surface area contributed by atoms with Gasteiger partial charge in [0.25, 0.3) is 0 Å². The predicted octanol–water partition coefficient (Wildman–Crippen LogP) is 4.11. The van der Waals surface area contributed by atoms with Crippen LogP contribution in [-0.4, -0.2) is 17.1 Å². The number of nitrogens with one attached hydrogen (secondary N) is 2. The molecule has 3 heterocycles. The van der Waals surface area contributed by atoms with Crippen LogP contribution in [0.2, 0.25) is 0 Å². The van der Waals surface area contributed by atoms with E-state index >= 15 is 0 Å². The number of hydrogen-bond donors (Lipinski definition) is 2. The van der Waals surface area contributed by atoms with Gasteiger partial charge in [0, 0.05) is 0 Å². The van der Waals surface area contributed by atoms with Crippen LogP contribution in [0, 0.1) is 17.7 Å². The summed E-state index contributed by atoms with van der Waals surface area (Å²) in [5.74, 6) is 0.297. The molecule has 1 amide bonds. The number of pyridine rings is 1. The maximum absolute atomic E-state index is 13.5. The fourth-order valence-electron chi connectivity index (χ4n) is 5.03. The Balaban J connectivity index is 1.26. The van der Waals surface area contributed by atoms with Crippen molar-refractivity contribution in [3.8, 4) is 0 Å². The van der Waals surface area contributed by atoms with Gasteiger partial charge in [-0.1, -0.05) is 6.07 Å². The summed E-state index contributed by atoms with van der Waals surface area (Å²) in [6, 6.07) is 10.5. The molecule has 3 aliphatic rings. The second-order valence-electron chi connectivity index (χ2n) is 9.65. The van der Waals surface area contributed by atoms with E-state index in [0.717, 1.165) is 50.6 Å². The van der Waals surface area contributed by atoms with Crippen LogP contribution < -0.4 is 28.1 Å². The zero-order valence-corrected chi connectivity index (χ0v) is 26.9. The first-order valence-electron chi connectivity index (χ1n) is 12.9. The van der Waals surface area contributed by atoms with Gasteiger partial charge >= 0.3 is 226 Å². The normalized spacial score (nSPS) is 22.7. The van der Waals surface area contributed by atoms with Gasteiger partial charge in [-0.2, -0.15) is 0 Å². The van der Waals surface area contributed by atoms with Crippen molar-refractivity contribution in [1.82, 2.24) is 15.6 Å². The Labute approximate surface area is 246 Å². The van der Waals surface area contributed by atoms with Gasteiger partial charge in [0.05, 0.1) is 0 Å². The average Bonchev–Trinajstić information content (AvgIpc) is 3.29. The molecular formula is C29H31BrFI2N4O-. The minimum absolute atomic E-state index is 0.0152. The fraction of sp³-hybridized carbons (Fsp3) is 0.345. The first kappa shape index (κ1) is 27.9. The summed E-state index contributed by atoms with van der Waals surface area (Å²) in [5, 5.41) is 6.85. The summed E-state index contributed by atoms with van der Waals surface area (Å²) in [4.78, 5) is 17.2. The van der Waals surface area contributed by atoms with Crippen molar-refractivity contribution in [2.45, 2.75) is 51.6 Å². The van der Waals surface area contributed by atoms with Gasteiger partial charge in [-0.15, -0.1) is 0 Å². The summed E-state index contributed by atoms with van der Waals surface area (Å²) in [6.45, 7) is 1.15. The molecule has 1 aromatic heterocycles. The van der Waals surface area contributed by atoms with Crippen molar-refractivity contribution in [3.05, 3.63) is 95.2 Å². The van der Waals surface area contributed by atoms with Gasteiger partial charge in [0.2, 0.25) is 0 Å². The molecule has 2 N–H and O–H groups in total. The van der Waals surface area contributed by atoms with E-state index in [-0.39, 0.29) is 35.1 Å². The number of rotatable bonds is 7. The number of aromatic nitrogens is 1. The summed E-state index contributed by atoms with van der Waals surface area (Å²) < 4.78 is 22.4. The van der Waals surface area contributed by atoms with E-state index in [4.69, 9.17) is 3.21 Å². The number of carbonyl (C=O) groups excluding carboxylic acids is 1. The summed E-state index contributed by atoms with van der Waals surface area (Å²) in [5.41, 5.74) is 3.40. The molecule has 1 aliphatic carbocycles. The van der Waals surface area contributed by atoms with Crippen LogP contribution >= 0.6 is 31.8 Å². The van der Waals surface area contributed by atoms with E-state index in [9.17, 15) is 9.18 Å². The number of allylic oxidation sites excluding steroid dienone is 5. The third-order valence-electron chi connectivity index (χ3n) is 7.06. The van der Waals surface area contributed by atoms with Crippen molar-refractivity contribution in [3.63, 3.8) is 0 Å². The van der Waals surface area contributed by atoms with Crippen LogP contribution in [0.15, 0.2) is 81.5 Å². The molecule has 9 heteroatoms. The van der Waals surface area contributed by atoms with Crippen LogP contribution in [-0.2, 0) is 17.9 Å². The SMILES string of the molecule is O=C(NCc1cccc(F)c1)C1CCCC(C2=CCC3=C(Br)C=N[I-]I3C(NCc3cccnc3)=C2)CC1. The Bertz CT molecular complexity index is 1280. The molecule has 1 aromatic carbocycles. The number of benzene rings is 1. The maximum atomic E-state index is 13.5. The Kier molecular flexibility index (Phi) is 10.0. The van der Waals surface area contributed by atoms with Crippen LogP contribution in [0.25, 0.3) is 0 Å². The molecule has 1 saturated carbocycles. The summed E-state index contributed by atoms with van der Waals surface area (Å²) >= 11 is 2.03. The van der Waals surface area contributed by atoms with Gasteiger partial charge in [0.1, 0.15) is 5.82 Å². The molecule has 0 radical (unpaired) electrons. The minimum atomic E-state index is -1.55. The van der Waals surface area contributed by atoms with Crippen LogP contribution in [0.5, 0.6) is 0 Å². The topological polar surface area (TPSA) is 66.4 Å². The van der Waals surface area contributed by atoms with Crippen molar-refractivity contribution >= 4 is 43.9 Å². The first-order chi connectivity index (χ1) is 18.6. The zero-order chi connectivity index (χ0) is 26.3. The number of hydrogen-bond acceptors (Lipinski definition) is 4. The van der Waals surface area contributed by atoms with E-state index in [2.05, 4.69) is 49.8 Å². The second kappa shape index (κ2) is 13.6. The number of nitrogens with zero attached hydrogens (tertiary/aromatic N) is 2. The molecule has 202 valence electrons. The van der Waals surface area contributed by atoms with Crippen molar-refractivity contribution in [2.75, 3.05) is 0 Å². The van der Waals surface area contributed by atoms with E-state index < -0.39 is 15.8 Å². The molecule has 0 saturated heterocycles. The molecule has 0 bridgehead atoms. The molecule has 2 aromatic rings. The fourth-order valence-corrected chi connectivity index (χ4v) is 21.9. The van der Waals surface area contributed by atoms with Crippen molar-refractivity contribution in [1.29, 1.82) is 0 Å². The average molecular weight is 804 g/mol. The molecule has 2 aliphatic heterocycles. The summed E-state index contributed by atoms with van der Waals surface area (Å²) in [6.07, 6.45) is 16.6. The van der Waals surface area contributed by atoms with Gasteiger partial charge in [-0.25, -0.2) is 4.39 Å².